The molecule has 1 saturated heterocycles. The van der Waals surface area contributed by atoms with Crippen LogP contribution in [0.15, 0.2) is 11.8 Å². The normalized spacial score (nSPS) is 26.3. The number of carboxylic acids is 1. The highest BCUT2D eigenvalue weighted by molar-refractivity contribution is 7.87. The van der Waals surface area contributed by atoms with Gasteiger partial charge in [0.15, 0.2) is 0 Å². The summed E-state index contributed by atoms with van der Waals surface area (Å²) in [7, 11) is -5.83. The Bertz CT molecular complexity index is 611. The van der Waals surface area contributed by atoms with E-state index < -0.39 is 45.3 Å². The summed E-state index contributed by atoms with van der Waals surface area (Å²) in [4.78, 5) is 23.7. The van der Waals surface area contributed by atoms with Gasteiger partial charge in [0.1, 0.15) is 11.8 Å². The van der Waals surface area contributed by atoms with Gasteiger partial charge in [-0.25, -0.2) is 4.79 Å². The Labute approximate surface area is 117 Å². The average Bonchev–Trinajstić information content (AvgIpc) is 2.70. The van der Waals surface area contributed by atoms with Crippen LogP contribution in [0, 0.1) is 0 Å². The lowest BCUT2D eigenvalue weighted by atomic mass is 10.1. The fraction of sp³-hybridized carbons (Fsp3) is 0.600. The van der Waals surface area contributed by atoms with E-state index in [0.717, 1.165) is 4.90 Å². The van der Waals surface area contributed by atoms with E-state index in [4.69, 9.17) is 5.11 Å². The van der Waals surface area contributed by atoms with Crippen LogP contribution in [-0.4, -0.2) is 47.9 Å². The quantitative estimate of drug-likeness (QED) is 0.600. The molecule has 2 atom stereocenters. The van der Waals surface area contributed by atoms with Gasteiger partial charge in [-0.05, 0) is 12.8 Å². The summed E-state index contributed by atoms with van der Waals surface area (Å²) in [6, 6.07) is -1.73. The lowest BCUT2D eigenvalue weighted by molar-refractivity contribution is -0.148. The number of amides is 1. The number of carbonyl (C=O) groups excluding carboxylic acids is 1. The Kier molecular flexibility index (Phi) is 3.64. The smallest absolute Gasteiger partial charge is 0.480 e. The molecule has 2 aliphatic heterocycles. The summed E-state index contributed by atoms with van der Waals surface area (Å²) in [6.45, 7) is 0. The standard InChI is InChI=1S/C10H10F3NO6S/c11-10(12,13)21(18,19)20-6-3-5-1-2-7(9(16)17)14(5)8(15)4-6/h4-5,7H,1-3H2,(H,16,17)/t5?,7-/m0/s1. The molecule has 21 heavy (non-hydrogen) atoms. The molecule has 0 aliphatic carbocycles. The molecule has 2 aliphatic rings. The Hall–Kier alpha value is -1.78. The van der Waals surface area contributed by atoms with Crippen LogP contribution in [0.4, 0.5) is 13.2 Å². The predicted molar refractivity (Wildman–Crippen MR) is 60.1 cm³/mol. The maximum absolute atomic E-state index is 12.2. The zero-order chi connectivity index (χ0) is 16.0. The third-order valence-corrected chi connectivity index (χ3v) is 4.26. The fourth-order valence-corrected chi connectivity index (χ4v) is 2.90. The molecule has 1 N–H and O–H groups in total. The Morgan fingerprint density at radius 3 is 2.52 bits per heavy atom. The first-order valence-electron chi connectivity index (χ1n) is 5.79. The summed E-state index contributed by atoms with van der Waals surface area (Å²) in [5.74, 6) is -2.72. The Morgan fingerprint density at radius 1 is 1.38 bits per heavy atom. The van der Waals surface area contributed by atoms with Gasteiger partial charge in [-0.1, -0.05) is 0 Å². The molecule has 1 fully saturated rings. The van der Waals surface area contributed by atoms with Crippen LogP contribution < -0.4 is 0 Å². The second-order valence-corrected chi connectivity index (χ2v) is 6.17. The van der Waals surface area contributed by atoms with Crippen molar-refractivity contribution in [3.05, 3.63) is 11.8 Å². The van der Waals surface area contributed by atoms with E-state index in [9.17, 15) is 31.2 Å². The monoisotopic (exact) mass is 329 g/mol. The Morgan fingerprint density at radius 2 is 2.00 bits per heavy atom. The van der Waals surface area contributed by atoms with E-state index in [2.05, 4.69) is 4.18 Å². The van der Waals surface area contributed by atoms with Gasteiger partial charge < -0.3 is 14.2 Å². The van der Waals surface area contributed by atoms with Crippen LogP contribution in [-0.2, 0) is 23.9 Å². The van der Waals surface area contributed by atoms with Gasteiger partial charge in [0.2, 0.25) is 0 Å². The number of hydrogen-bond acceptors (Lipinski definition) is 5. The van der Waals surface area contributed by atoms with Gasteiger partial charge in [-0.2, -0.15) is 21.6 Å². The number of nitrogens with zero attached hydrogens (tertiary/aromatic N) is 1. The van der Waals surface area contributed by atoms with E-state index in [1.807, 2.05) is 0 Å². The number of hydrogen-bond donors (Lipinski definition) is 1. The number of rotatable bonds is 3. The third-order valence-electron chi connectivity index (χ3n) is 3.26. The molecule has 118 valence electrons. The van der Waals surface area contributed by atoms with Crippen molar-refractivity contribution in [2.45, 2.75) is 36.9 Å². The lowest BCUT2D eigenvalue weighted by Crippen LogP contribution is -2.46. The van der Waals surface area contributed by atoms with Crippen molar-refractivity contribution in [2.75, 3.05) is 0 Å². The van der Waals surface area contributed by atoms with Crippen LogP contribution in [0.25, 0.3) is 0 Å². The highest BCUT2D eigenvalue weighted by Crippen LogP contribution is 2.35. The van der Waals surface area contributed by atoms with Crippen molar-refractivity contribution in [2.24, 2.45) is 0 Å². The molecule has 0 radical (unpaired) electrons. The maximum Gasteiger partial charge on any atom is 0.534 e. The van der Waals surface area contributed by atoms with Gasteiger partial charge >= 0.3 is 21.6 Å². The summed E-state index contributed by atoms with van der Waals surface area (Å²) in [5.41, 5.74) is -5.59. The van der Waals surface area contributed by atoms with Gasteiger partial charge in [0, 0.05) is 18.5 Å². The molecule has 7 nitrogen and oxygen atoms in total. The van der Waals surface area contributed by atoms with Gasteiger partial charge in [0.25, 0.3) is 5.91 Å². The molecule has 2 heterocycles. The van der Waals surface area contributed by atoms with Crippen molar-refractivity contribution in [3.63, 3.8) is 0 Å². The van der Waals surface area contributed by atoms with Gasteiger partial charge in [-0.15, -0.1) is 0 Å². The Balaban J connectivity index is 2.21. The zero-order valence-electron chi connectivity index (χ0n) is 10.3. The van der Waals surface area contributed by atoms with Crippen molar-refractivity contribution >= 4 is 22.0 Å². The number of alkyl halides is 3. The minimum Gasteiger partial charge on any atom is -0.480 e. The van der Waals surface area contributed by atoms with Crippen LogP contribution in [0.1, 0.15) is 19.3 Å². The van der Waals surface area contributed by atoms with E-state index in [1.165, 1.54) is 0 Å². The number of carboxylic acid groups (broad SMARTS) is 1. The molecule has 0 aromatic carbocycles. The molecule has 0 spiro atoms. The zero-order valence-corrected chi connectivity index (χ0v) is 11.1. The fourth-order valence-electron chi connectivity index (χ4n) is 2.41. The predicted octanol–water partition coefficient (Wildman–Crippen LogP) is 0.584. The first-order valence-corrected chi connectivity index (χ1v) is 7.20. The molecule has 0 bridgehead atoms. The van der Waals surface area contributed by atoms with E-state index >= 15 is 0 Å². The van der Waals surface area contributed by atoms with Gasteiger partial charge in [-0.3, -0.25) is 4.79 Å². The first-order chi connectivity index (χ1) is 9.53. The van der Waals surface area contributed by atoms with Crippen molar-refractivity contribution in [1.82, 2.24) is 4.90 Å². The maximum atomic E-state index is 12.2. The molecule has 11 heteroatoms. The minimum atomic E-state index is -5.83. The lowest BCUT2D eigenvalue weighted by Gasteiger charge is -2.31. The van der Waals surface area contributed by atoms with E-state index in [0.29, 0.717) is 6.08 Å². The molecular weight excluding hydrogens is 319 g/mol. The molecule has 1 unspecified atom stereocenters. The van der Waals surface area contributed by atoms with Crippen LogP contribution >= 0.6 is 0 Å². The molecule has 2 rings (SSSR count). The van der Waals surface area contributed by atoms with Crippen LogP contribution in [0.2, 0.25) is 0 Å². The number of carbonyl (C=O) groups is 2. The van der Waals surface area contributed by atoms with E-state index in [-0.39, 0.29) is 19.3 Å². The molecule has 0 saturated carbocycles. The van der Waals surface area contributed by atoms with E-state index in [1.54, 1.807) is 0 Å². The summed E-state index contributed by atoms with van der Waals surface area (Å²) >= 11 is 0. The average molecular weight is 329 g/mol. The molecule has 0 aromatic rings. The SMILES string of the molecule is O=C(O)[C@@H]1CCC2CC(OS(=O)(=O)C(F)(F)F)=CC(=O)N21. The van der Waals surface area contributed by atoms with Crippen molar-refractivity contribution < 1.29 is 40.5 Å². The number of aliphatic carboxylic acids is 1. The largest absolute Gasteiger partial charge is 0.534 e. The molecule has 0 aromatic heterocycles. The van der Waals surface area contributed by atoms with Crippen LogP contribution in [0.5, 0.6) is 0 Å². The van der Waals surface area contributed by atoms with Crippen molar-refractivity contribution in [3.8, 4) is 0 Å². The molecular formula is C10H10F3NO6S. The second kappa shape index (κ2) is 4.90. The topological polar surface area (TPSA) is 101 Å². The highest BCUT2D eigenvalue weighted by atomic mass is 32.2. The second-order valence-electron chi connectivity index (χ2n) is 4.63. The highest BCUT2D eigenvalue weighted by Gasteiger charge is 2.50. The first kappa shape index (κ1) is 15.6. The van der Waals surface area contributed by atoms with Crippen LogP contribution in [0.3, 0.4) is 0 Å². The molecule has 1 amide bonds. The van der Waals surface area contributed by atoms with Gasteiger partial charge in [0.05, 0.1) is 0 Å². The number of fused-ring (bicyclic) bond motifs is 1. The van der Waals surface area contributed by atoms with Crippen molar-refractivity contribution in [1.29, 1.82) is 0 Å². The summed E-state index contributed by atoms with van der Waals surface area (Å²) < 4.78 is 62.3. The summed E-state index contributed by atoms with van der Waals surface area (Å²) in [6.07, 6.45) is 0.709. The third kappa shape index (κ3) is 2.82. The summed E-state index contributed by atoms with van der Waals surface area (Å²) in [5, 5.41) is 8.94. The minimum absolute atomic E-state index is 0.152. The number of halogens is 3.